The number of hydrogen-bond donors (Lipinski definition) is 0. The summed E-state index contributed by atoms with van der Waals surface area (Å²) in [6, 6.07) is 30.5. The maximum atomic E-state index is 5.94. The topological polar surface area (TPSA) is 30.4 Å². The second kappa shape index (κ2) is 7.57. The first-order valence-corrected chi connectivity index (χ1v) is 10.1. The first-order chi connectivity index (χ1) is 14.3. The molecule has 0 aliphatic carbocycles. The van der Waals surface area contributed by atoms with Gasteiger partial charge in [-0.25, -0.2) is 0 Å². The number of nitrogens with zero attached hydrogens (tertiary/aromatic N) is 2. The molecule has 140 valence electrons. The SMILES string of the molecule is Brc1ccc(-n2cccc2C=Nc2ccc(-c3cc4ccccc4o3)cc2)cc1. The van der Waals surface area contributed by atoms with E-state index in [-0.39, 0.29) is 0 Å². The summed E-state index contributed by atoms with van der Waals surface area (Å²) in [4.78, 5) is 4.64. The number of aliphatic imine (C=N–C) groups is 1. The number of rotatable bonds is 4. The maximum absolute atomic E-state index is 5.94. The van der Waals surface area contributed by atoms with Gasteiger partial charge in [-0.15, -0.1) is 0 Å². The Labute approximate surface area is 177 Å². The van der Waals surface area contributed by atoms with E-state index < -0.39 is 0 Å². The van der Waals surface area contributed by atoms with Gasteiger partial charge >= 0.3 is 0 Å². The quantitative estimate of drug-likeness (QED) is 0.267. The highest BCUT2D eigenvalue weighted by Gasteiger charge is 2.06. The summed E-state index contributed by atoms with van der Waals surface area (Å²) in [5.74, 6) is 0.867. The molecular weight excluding hydrogens is 424 g/mol. The Bertz CT molecular complexity index is 1260. The van der Waals surface area contributed by atoms with Crippen LogP contribution in [0.15, 0.2) is 111 Å². The molecule has 0 radical (unpaired) electrons. The fraction of sp³-hybridized carbons (Fsp3) is 0. The van der Waals surface area contributed by atoms with Crippen molar-refractivity contribution in [1.82, 2.24) is 4.57 Å². The highest BCUT2D eigenvalue weighted by atomic mass is 79.9. The number of furan rings is 1. The van der Waals surface area contributed by atoms with Crippen molar-refractivity contribution < 1.29 is 4.42 Å². The molecular formula is C25H17BrN2O. The molecule has 5 rings (SSSR count). The van der Waals surface area contributed by atoms with Crippen molar-refractivity contribution >= 4 is 38.8 Å². The van der Waals surface area contributed by atoms with Gasteiger partial charge in [0, 0.05) is 27.3 Å². The van der Waals surface area contributed by atoms with E-state index in [1.165, 1.54) is 0 Å². The van der Waals surface area contributed by atoms with Gasteiger partial charge in [-0.05, 0) is 72.8 Å². The van der Waals surface area contributed by atoms with Crippen LogP contribution in [0.1, 0.15) is 5.69 Å². The molecule has 4 heteroatoms. The Morgan fingerprint density at radius 1 is 0.828 bits per heavy atom. The standard InChI is InChI=1S/C25H17BrN2O/c26-20-9-13-22(14-10-20)28-15-3-5-23(28)17-27-21-11-7-18(8-12-21)25-16-19-4-1-2-6-24(19)29-25/h1-17H. The maximum Gasteiger partial charge on any atom is 0.135 e. The van der Waals surface area contributed by atoms with Crippen molar-refractivity contribution in [3.8, 4) is 17.0 Å². The van der Waals surface area contributed by atoms with E-state index in [9.17, 15) is 0 Å². The predicted molar refractivity (Wildman–Crippen MR) is 122 cm³/mol. The van der Waals surface area contributed by atoms with Gasteiger partial charge < -0.3 is 8.98 Å². The van der Waals surface area contributed by atoms with Crippen LogP contribution >= 0.6 is 15.9 Å². The Balaban J connectivity index is 1.38. The summed E-state index contributed by atoms with van der Waals surface area (Å²) in [7, 11) is 0. The fourth-order valence-electron chi connectivity index (χ4n) is 3.31. The van der Waals surface area contributed by atoms with Crippen LogP contribution in [0.25, 0.3) is 28.0 Å². The number of para-hydroxylation sites is 1. The van der Waals surface area contributed by atoms with Gasteiger partial charge in [0.25, 0.3) is 0 Å². The van der Waals surface area contributed by atoms with Gasteiger partial charge in [0.1, 0.15) is 11.3 Å². The molecule has 3 nitrogen and oxygen atoms in total. The minimum atomic E-state index is 0.867. The third-order valence-corrected chi connectivity index (χ3v) is 5.34. The van der Waals surface area contributed by atoms with Gasteiger partial charge in [0.2, 0.25) is 0 Å². The van der Waals surface area contributed by atoms with Crippen LogP contribution in [0.5, 0.6) is 0 Å². The molecule has 0 saturated heterocycles. The zero-order valence-corrected chi connectivity index (χ0v) is 17.1. The Morgan fingerprint density at radius 2 is 1.62 bits per heavy atom. The normalized spacial score (nSPS) is 11.5. The highest BCUT2D eigenvalue weighted by Crippen LogP contribution is 2.29. The molecule has 0 aliphatic rings. The lowest BCUT2D eigenvalue weighted by Crippen LogP contribution is -1.97. The van der Waals surface area contributed by atoms with Gasteiger partial charge in [-0.2, -0.15) is 0 Å². The van der Waals surface area contributed by atoms with Gasteiger partial charge in [-0.1, -0.05) is 34.1 Å². The average molecular weight is 441 g/mol. The number of benzene rings is 3. The molecule has 0 aliphatic heterocycles. The van der Waals surface area contributed by atoms with Crippen LogP contribution in [-0.2, 0) is 0 Å². The van der Waals surface area contributed by atoms with E-state index in [1.54, 1.807) is 0 Å². The van der Waals surface area contributed by atoms with Crippen LogP contribution in [0.4, 0.5) is 5.69 Å². The second-order valence-corrected chi connectivity index (χ2v) is 7.65. The molecule has 0 bridgehead atoms. The van der Waals surface area contributed by atoms with Crippen LogP contribution in [-0.4, -0.2) is 10.8 Å². The molecule has 0 fully saturated rings. The lowest BCUT2D eigenvalue weighted by Gasteiger charge is -2.06. The number of halogens is 1. The molecule has 0 N–H and O–H groups in total. The summed E-state index contributed by atoms with van der Waals surface area (Å²) in [6.07, 6.45) is 3.92. The third kappa shape index (κ3) is 3.67. The van der Waals surface area contributed by atoms with Crippen molar-refractivity contribution in [2.75, 3.05) is 0 Å². The lowest BCUT2D eigenvalue weighted by molar-refractivity contribution is 0.631. The first-order valence-electron chi connectivity index (χ1n) is 9.33. The van der Waals surface area contributed by atoms with E-state index in [0.717, 1.165) is 43.8 Å². The number of hydrogen-bond acceptors (Lipinski definition) is 2. The van der Waals surface area contributed by atoms with Crippen molar-refractivity contribution in [2.45, 2.75) is 0 Å². The molecule has 2 heterocycles. The molecule has 0 atom stereocenters. The van der Waals surface area contributed by atoms with E-state index >= 15 is 0 Å². The van der Waals surface area contributed by atoms with Crippen molar-refractivity contribution in [1.29, 1.82) is 0 Å². The van der Waals surface area contributed by atoms with E-state index in [2.05, 4.69) is 49.8 Å². The molecule has 0 saturated carbocycles. The smallest absolute Gasteiger partial charge is 0.135 e. The second-order valence-electron chi connectivity index (χ2n) is 6.73. The summed E-state index contributed by atoms with van der Waals surface area (Å²) in [5, 5.41) is 1.11. The van der Waals surface area contributed by atoms with Crippen molar-refractivity contribution in [3.05, 3.63) is 107 Å². The monoisotopic (exact) mass is 440 g/mol. The van der Waals surface area contributed by atoms with E-state index in [1.807, 2.05) is 79.1 Å². The van der Waals surface area contributed by atoms with Crippen LogP contribution in [0.2, 0.25) is 0 Å². The van der Waals surface area contributed by atoms with Crippen molar-refractivity contribution in [2.24, 2.45) is 4.99 Å². The summed E-state index contributed by atoms with van der Waals surface area (Å²) < 4.78 is 9.11. The largest absolute Gasteiger partial charge is 0.456 e. The van der Waals surface area contributed by atoms with Crippen molar-refractivity contribution in [3.63, 3.8) is 0 Å². The molecule has 3 aromatic carbocycles. The molecule has 29 heavy (non-hydrogen) atoms. The van der Waals surface area contributed by atoms with Gasteiger partial charge in [-0.3, -0.25) is 4.99 Å². The number of fused-ring (bicyclic) bond motifs is 1. The summed E-state index contributed by atoms with van der Waals surface area (Å²) >= 11 is 3.48. The molecule has 5 aromatic rings. The lowest BCUT2D eigenvalue weighted by atomic mass is 10.1. The number of aromatic nitrogens is 1. The van der Waals surface area contributed by atoms with Crippen LogP contribution in [0, 0.1) is 0 Å². The predicted octanol–water partition coefficient (Wildman–Crippen LogP) is 7.40. The molecule has 0 unspecified atom stereocenters. The Hall–Kier alpha value is -3.37. The van der Waals surface area contributed by atoms with E-state index in [0.29, 0.717) is 0 Å². The highest BCUT2D eigenvalue weighted by molar-refractivity contribution is 9.10. The zero-order valence-electron chi connectivity index (χ0n) is 15.5. The minimum Gasteiger partial charge on any atom is -0.456 e. The van der Waals surface area contributed by atoms with Gasteiger partial charge in [0.05, 0.1) is 17.6 Å². The summed E-state index contributed by atoms with van der Waals surface area (Å²) in [6.45, 7) is 0. The zero-order chi connectivity index (χ0) is 19.6. The molecule has 0 amide bonds. The van der Waals surface area contributed by atoms with Crippen LogP contribution < -0.4 is 0 Å². The van der Waals surface area contributed by atoms with Crippen LogP contribution in [0.3, 0.4) is 0 Å². The van der Waals surface area contributed by atoms with E-state index in [4.69, 9.17) is 4.42 Å². The Kier molecular flexibility index (Phi) is 4.62. The molecule has 2 aromatic heterocycles. The fourth-order valence-corrected chi connectivity index (χ4v) is 3.58. The summed E-state index contributed by atoms with van der Waals surface area (Å²) in [5.41, 5.74) is 4.96. The first kappa shape index (κ1) is 17.7. The minimum absolute atomic E-state index is 0.867. The molecule has 0 spiro atoms. The van der Waals surface area contributed by atoms with Gasteiger partial charge in [0.15, 0.2) is 0 Å². The average Bonchev–Trinajstić information content (AvgIpc) is 3.40. The Morgan fingerprint density at radius 3 is 2.41 bits per heavy atom. The third-order valence-electron chi connectivity index (χ3n) is 4.81.